The molecule has 1 saturated carbocycles. The van der Waals surface area contributed by atoms with Gasteiger partial charge in [0.1, 0.15) is 5.54 Å². The molecular formula is C12H23N3. The summed E-state index contributed by atoms with van der Waals surface area (Å²) in [4.78, 5) is 2.46. The maximum atomic E-state index is 9.03. The molecule has 0 spiro atoms. The Morgan fingerprint density at radius 2 is 2.20 bits per heavy atom. The fourth-order valence-corrected chi connectivity index (χ4v) is 1.66. The third kappa shape index (κ3) is 4.19. The first kappa shape index (κ1) is 12.5. The van der Waals surface area contributed by atoms with Crippen LogP contribution in [0.15, 0.2) is 0 Å². The van der Waals surface area contributed by atoms with E-state index in [1.165, 1.54) is 19.4 Å². The van der Waals surface area contributed by atoms with Crippen molar-refractivity contribution in [2.45, 2.75) is 38.6 Å². The summed E-state index contributed by atoms with van der Waals surface area (Å²) in [5, 5.41) is 12.1. The second-order valence-electron chi connectivity index (χ2n) is 4.78. The summed E-state index contributed by atoms with van der Waals surface area (Å²) in [6.07, 6.45) is 3.71. The van der Waals surface area contributed by atoms with Crippen molar-refractivity contribution in [3.05, 3.63) is 0 Å². The van der Waals surface area contributed by atoms with Gasteiger partial charge in [0, 0.05) is 13.1 Å². The van der Waals surface area contributed by atoms with Crippen LogP contribution in [0.25, 0.3) is 0 Å². The highest BCUT2D eigenvalue weighted by Gasteiger charge is 2.26. The van der Waals surface area contributed by atoms with Crippen LogP contribution in [0, 0.1) is 17.2 Å². The quantitative estimate of drug-likeness (QED) is 0.692. The highest BCUT2D eigenvalue weighted by atomic mass is 15.1. The minimum atomic E-state index is -0.364. The fourth-order valence-electron chi connectivity index (χ4n) is 1.66. The highest BCUT2D eigenvalue weighted by Crippen LogP contribution is 2.29. The van der Waals surface area contributed by atoms with Crippen LogP contribution in [0.5, 0.6) is 0 Å². The zero-order valence-corrected chi connectivity index (χ0v) is 10.2. The molecule has 0 aromatic rings. The Bertz CT molecular complexity index is 230. The number of nitriles is 1. The molecule has 0 amide bonds. The molecule has 1 aliphatic rings. The lowest BCUT2D eigenvalue weighted by molar-refractivity contribution is 0.250. The molecule has 0 radical (unpaired) electrons. The molecular weight excluding hydrogens is 186 g/mol. The summed E-state index contributed by atoms with van der Waals surface area (Å²) in [7, 11) is 1.86. The van der Waals surface area contributed by atoms with Crippen LogP contribution in [0.4, 0.5) is 0 Å². The van der Waals surface area contributed by atoms with Crippen molar-refractivity contribution >= 4 is 0 Å². The second-order valence-corrected chi connectivity index (χ2v) is 4.78. The van der Waals surface area contributed by atoms with Crippen LogP contribution in [0.3, 0.4) is 0 Å². The molecule has 1 rings (SSSR count). The van der Waals surface area contributed by atoms with Crippen molar-refractivity contribution in [1.82, 2.24) is 10.2 Å². The Balaban J connectivity index is 2.28. The van der Waals surface area contributed by atoms with Crippen molar-refractivity contribution in [2.75, 3.05) is 26.7 Å². The summed E-state index contributed by atoms with van der Waals surface area (Å²) in [5.41, 5.74) is -0.364. The number of rotatable bonds is 7. The normalized spacial score (nSPS) is 19.9. The lowest BCUT2D eigenvalue weighted by atomic mass is 10.00. The molecule has 0 aromatic carbocycles. The Hall–Kier alpha value is -0.590. The van der Waals surface area contributed by atoms with Gasteiger partial charge in [-0.05, 0) is 45.7 Å². The van der Waals surface area contributed by atoms with E-state index in [0.717, 1.165) is 25.4 Å². The first-order valence-electron chi connectivity index (χ1n) is 5.96. The fraction of sp³-hybridized carbons (Fsp3) is 0.917. The Kier molecular flexibility index (Phi) is 4.56. The smallest absolute Gasteiger partial charge is 0.104 e. The first-order valence-corrected chi connectivity index (χ1v) is 5.96. The minimum absolute atomic E-state index is 0.364. The Labute approximate surface area is 93.5 Å². The van der Waals surface area contributed by atoms with E-state index in [2.05, 4.69) is 23.2 Å². The lowest BCUT2D eigenvalue weighted by Gasteiger charge is -2.26. The molecule has 1 fully saturated rings. The Morgan fingerprint density at radius 1 is 1.53 bits per heavy atom. The summed E-state index contributed by atoms with van der Waals surface area (Å²) in [6, 6.07) is 2.34. The van der Waals surface area contributed by atoms with Gasteiger partial charge in [0.15, 0.2) is 0 Å². The average Bonchev–Trinajstić information content (AvgIpc) is 3.07. The van der Waals surface area contributed by atoms with Gasteiger partial charge in [0.25, 0.3) is 0 Å². The van der Waals surface area contributed by atoms with Gasteiger partial charge in [0.05, 0.1) is 6.07 Å². The van der Waals surface area contributed by atoms with Crippen molar-refractivity contribution < 1.29 is 0 Å². The third-order valence-electron chi connectivity index (χ3n) is 3.39. The van der Waals surface area contributed by atoms with Crippen LogP contribution in [-0.4, -0.2) is 37.1 Å². The molecule has 0 heterocycles. The zero-order valence-electron chi connectivity index (χ0n) is 10.2. The molecule has 1 aliphatic carbocycles. The van der Waals surface area contributed by atoms with Crippen LogP contribution in [0.1, 0.15) is 33.1 Å². The van der Waals surface area contributed by atoms with Gasteiger partial charge in [-0.3, -0.25) is 0 Å². The van der Waals surface area contributed by atoms with Gasteiger partial charge in [0.2, 0.25) is 0 Å². The number of hydrogen-bond donors (Lipinski definition) is 1. The van der Waals surface area contributed by atoms with Crippen molar-refractivity contribution in [3.63, 3.8) is 0 Å². The minimum Gasteiger partial charge on any atom is -0.303 e. The van der Waals surface area contributed by atoms with E-state index < -0.39 is 0 Å². The van der Waals surface area contributed by atoms with Crippen molar-refractivity contribution in [1.29, 1.82) is 5.26 Å². The van der Waals surface area contributed by atoms with E-state index in [9.17, 15) is 0 Å². The number of hydrogen-bond acceptors (Lipinski definition) is 3. The van der Waals surface area contributed by atoms with E-state index in [-0.39, 0.29) is 5.54 Å². The average molecular weight is 209 g/mol. The Morgan fingerprint density at radius 3 is 2.60 bits per heavy atom. The van der Waals surface area contributed by atoms with E-state index in [1.807, 2.05) is 14.0 Å². The van der Waals surface area contributed by atoms with Gasteiger partial charge in [-0.15, -0.1) is 0 Å². The third-order valence-corrected chi connectivity index (χ3v) is 3.39. The highest BCUT2D eigenvalue weighted by molar-refractivity contribution is 5.03. The molecule has 0 aliphatic heterocycles. The molecule has 1 N–H and O–H groups in total. The largest absolute Gasteiger partial charge is 0.303 e. The first-order chi connectivity index (χ1) is 7.13. The zero-order chi connectivity index (χ0) is 11.3. The van der Waals surface area contributed by atoms with Crippen LogP contribution in [-0.2, 0) is 0 Å². The summed E-state index contributed by atoms with van der Waals surface area (Å²) in [5.74, 6) is 0.938. The summed E-state index contributed by atoms with van der Waals surface area (Å²) >= 11 is 0. The second kappa shape index (κ2) is 5.48. The summed E-state index contributed by atoms with van der Waals surface area (Å²) in [6.45, 7) is 7.52. The molecule has 0 bridgehead atoms. The molecule has 0 aromatic heterocycles. The maximum Gasteiger partial charge on any atom is 0.104 e. The standard InChI is InChI=1S/C12H23N3/c1-4-15(9-11-5-6-11)8-7-12(2,10-13)14-3/h11,14H,4-9H2,1-3H3. The number of nitrogens with one attached hydrogen (secondary N) is 1. The van der Waals surface area contributed by atoms with Crippen LogP contribution in [0.2, 0.25) is 0 Å². The van der Waals surface area contributed by atoms with Gasteiger partial charge in [-0.25, -0.2) is 0 Å². The van der Waals surface area contributed by atoms with Gasteiger partial charge in [-0.1, -0.05) is 6.92 Å². The number of nitrogens with zero attached hydrogens (tertiary/aromatic N) is 2. The molecule has 3 nitrogen and oxygen atoms in total. The summed E-state index contributed by atoms with van der Waals surface area (Å²) < 4.78 is 0. The van der Waals surface area contributed by atoms with Gasteiger partial charge >= 0.3 is 0 Å². The lowest BCUT2D eigenvalue weighted by Crippen LogP contribution is -2.42. The van der Waals surface area contributed by atoms with Crippen LogP contribution < -0.4 is 5.32 Å². The molecule has 15 heavy (non-hydrogen) atoms. The van der Waals surface area contributed by atoms with Crippen molar-refractivity contribution in [2.24, 2.45) is 5.92 Å². The molecule has 3 heteroatoms. The van der Waals surface area contributed by atoms with E-state index in [4.69, 9.17) is 5.26 Å². The SMILES string of the molecule is CCN(CCC(C)(C#N)NC)CC1CC1. The molecule has 0 saturated heterocycles. The predicted molar refractivity (Wildman–Crippen MR) is 62.5 cm³/mol. The maximum absolute atomic E-state index is 9.03. The van der Waals surface area contributed by atoms with Crippen LogP contribution >= 0.6 is 0 Å². The van der Waals surface area contributed by atoms with Crippen molar-refractivity contribution in [3.8, 4) is 6.07 Å². The van der Waals surface area contributed by atoms with E-state index in [0.29, 0.717) is 0 Å². The molecule has 86 valence electrons. The monoisotopic (exact) mass is 209 g/mol. The van der Waals surface area contributed by atoms with Gasteiger partial charge < -0.3 is 10.2 Å². The predicted octanol–water partition coefficient (Wildman–Crippen LogP) is 1.61. The topological polar surface area (TPSA) is 39.1 Å². The molecule has 1 unspecified atom stereocenters. The molecule has 1 atom stereocenters. The van der Waals surface area contributed by atoms with E-state index in [1.54, 1.807) is 0 Å². The van der Waals surface area contributed by atoms with Gasteiger partial charge in [-0.2, -0.15) is 5.26 Å². The van der Waals surface area contributed by atoms with E-state index >= 15 is 0 Å².